The van der Waals surface area contributed by atoms with Gasteiger partial charge in [-0.05, 0) is 45.0 Å². The van der Waals surface area contributed by atoms with Crippen molar-refractivity contribution in [2.45, 2.75) is 25.7 Å². The molecule has 140 valence electrons. The maximum atomic E-state index is 11.6. The molecule has 1 amide bonds. The molecule has 1 aromatic heterocycles. The summed E-state index contributed by atoms with van der Waals surface area (Å²) in [6.45, 7) is 1.53. The van der Waals surface area contributed by atoms with Gasteiger partial charge in [-0.1, -0.05) is 18.2 Å². The first-order valence-corrected chi connectivity index (χ1v) is 8.02. The van der Waals surface area contributed by atoms with E-state index in [0.29, 0.717) is 18.8 Å². The van der Waals surface area contributed by atoms with Crippen LogP contribution in [0, 0.1) is 0 Å². The van der Waals surface area contributed by atoms with Crippen molar-refractivity contribution >= 4 is 36.5 Å². The van der Waals surface area contributed by atoms with E-state index < -0.39 is 0 Å². The van der Waals surface area contributed by atoms with Gasteiger partial charge in [0.1, 0.15) is 5.82 Å². The summed E-state index contributed by atoms with van der Waals surface area (Å²) in [6, 6.07) is 11.7. The molecule has 0 unspecified atom stereocenters. The normalized spacial score (nSPS) is 9.80. The number of nitrogens with one attached hydrogen (secondary N) is 2. The Labute approximate surface area is 161 Å². The molecule has 0 spiro atoms. The van der Waals surface area contributed by atoms with Gasteiger partial charge in [0, 0.05) is 19.0 Å². The highest BCUT2D eigenvalue weighted by atomic mass is 35.5. The number of anilines is 1. The van der Waals surface area contributed by atoms with Crippen LogP contribution in [0.1, 0.15) is 25.0 Å². The number of aromatic nitrogens is 2. The van der Waals surface area contributed by atoms with Gasteiger partial charge in [0.2, 0.25) is 5.91 Å². The van der Waals surface area contributed by atoms with Crippen LogP contribution < -0.4 is 16.4 Å². The zero-order chi connectivity index (χ0) is 16.5. The minimum Gasteiger partial charge on any atom is -0.384 e. The third kappa shape index (κ3) is 7.77. The molecule has 6 nitrogen and oxygen atoms in total. The Bertz CT molecular complexity index is 619. The standard InChI is InChI=1S/C17H25N5O.2ClH/c1-19-11-6-10-17(23)20-12-5-7-14-13-16(18)22(21-14)15-8-3-2-4-9-15;;/h2-4,8-9,13,19H,5-7,10-12,18H2,1H3,(H,20,23);2*1H. The van der Waals surface area contributed by atoms with Crippen LogP contribution >= 0.6 is 24.8 Å². The van der Waals surface area contributed by atoms with Crippen molar-refractivity contribution in [1.29, 1.82) is 0 Å². The number of nitrogens with two attached hydrogens (primary N) is 1. The molecule has 0 saturated heterocycles. The number of aryl methyl sites for hydroxylation is 1. The number of halogens is 2. The van der Waals surface area contributed by atoms with E-state index in [1.165, 1.54) is 0 Å². The topological polar surface area (TPSA) is 85.0 Å². The second-order valence-corrected chi connectivity index (χ2v) is 5.47. The maximum Gasteiger partial charge on any atom is 0.220 e. The minimum absolute atomic E-state index is 0. The summed E-state index contributed by atoms with van der Waals surface area (Å²) in [7, 11) is 1.89. The van der Waals surface area contributed by atoms with E-state index in [1.807, 2.05) is 43.4 Å². The fourth-order valence-corrected chi connectivity index (χ4v) is 2.36. The quantitative estimate of drug-likeness (QED) is 0.576. The van der Waals surface area contributed by atoms with Gasteiger partial charge in [0.05, 0.1) is 11.4 Å². The van der Waals surface area contributed by atoms with Crippen molar-refractivity contribution < 1.29 is 4.79 Å². The number of hydrogen-bond donors (Lipinski definition) is 3. The summed E-state index contributed by atoms with van der Waals surface area (Å²) < 4.78 is 1.74. The van der Waals surface area contributed by atoms with E-state index in [1.54, 1.807) is 4.68 Å². The highest BCUT2D eigenvalue weighted by molar-refractivity contribution is 5.85. The third-order valence-electron chi connectivity index (χ3n) is 3.55. The molecule has 1 heterocycles. The van der Waals surface area contributed by atoms with Crippen molar-refractivity contribution in [3.63, 3.8) is 0 Å². The third-order valence-corrected chi connectivity index (χ3v) is 3.55. The number of nitrogens with zero attached hydrogens (tertiary/aromatic N) is 2. The summed E-state index contributed by atoms with van der Waals surface area (Å²) in [6.07, 6.45) is 3.07. The number of hydrogen-bond acceptors (Lipinski definition) is 4. The van der Waals surface area contributed by atoms with Gasteiger partial charge in [-0.3, -0.25) is 4.79 Å². The average Bonchev–Trinajstić information content (AvgIpc) is 2.93. The van der Waals surface area contributed by atoms with Gasteiger partial charge in [-0.2, -0.15) is 5.10 Å². The van der Waals surface area contributed by atoms with Crippen LogP contribution in [0.15, 0.2) is 36.4 Å². The molecule has 2 rings (SSSR count). The number of amides is 1. The van der Waals surface area contributed by atoms with E-state index in [-0.39, 0.29) is 30.7 Å². The number of nitrogen functional groups attached to an aromatic ring is 1. The minimum atomic E-state index is 0. The van der Waals surface area contributed by atoms with Crippen molar-refractivity contribution in [3.8, 4) is 5.69 Å². The van der Waals surface area contributed by atoms with E-state index in [0.717, 1.165) is 37.2 Å². The van der Waals surface area contributed by atoms with Gasteiger partial charge in [-0.15, -0.1) is 24.8 Å². The number of carbonyl (C=O) groups excluding carboxylic acids is 1. The summed E-state index contributed by atoms with van der Waals surface area (Å²) in [5.41, 5.74) is 7.91. The Kier molecular flexibility index (Phi) is 11.7. The first kappa shape index (κ1) is 23.2. The summed E-state index contributed by atoms with van der Waals surface area (Å²) in [5, 5.41) is 10.5. The molecular weight excluding hydrogens is 361 g/mol. The molecule has 0 radical (unpaired) electrons. The zero-order valence-corrected chi connectivity index (χ0v) is 16.0. The van der Waals surface area contributed by atoms with Crippen molar-refractivity contribution in [1.82, 2.24) is 20.4 Å². The van der Waals surface area contributed by atoms with Crippen LogP contribution in [0.3, 0.4) is 0 Å². The van der Waals surface area contributed by atoms with E-state index in [9.17, 15) is 4.79 Å². The molecule has 0 aliphatic carbocycles. The van der Waals surface area contributed by atoms with Crippen LogP contribution in [-0.4, -0.2) is 35.8 Å². The maximum absolute atomic E-state index is 11.6. The Morgan fingerprint density at radius 3 is 2.56 bits per heavy atom. The molecule has 0 atom stereocenters. The van der Waals surface area contributed by atoms with Crippen LogP contribution in [-0.2, 0) is 11.2 Å². The van der Waals surface area contributed by atoms with Crippen molar-refractivity contribution in [3.05, 3.63) is 42.1 Å². The van der Waals surface area contributed by atoms with Gasteiger partial charge in [-0.25, -0.2) is 4.68 Å². The molecule has 0 aliphatic heterocycles. The van der Waals surface area contributed by atoms with E-state index in [4.69, 9.17) is 5.73 Å². The Hall–Kier alpha value is -1.76. The fourth-order valence-electron chi connectivity index (χ4n) is 2.36. The molecule has 8 heteroatoms. The largest absolute Gasteiger partial charge is 0.384 e. The average molecular weight is 388 g/mol. The second kappa shape index (κ2) is 12.6. The predicted molar refractivity (Wildman–Crippen MR) is 107 cm³/mol. The molecule has 0 aliphatic rings. The number of benzene rings is 1. The molecule has 25 heavy (non-hydrogen) atoms. The highest BCUT2D eigenvalue weighted by Gasteiger charge is 2.07. The van der Waals surface area contributed by atoms with Gasteiger partial charge in [0.15, 0.2) is 0 Å². The van der Waals surface area contributed by atoms with Crippen LogP contribution in [0.5, 0.6) is 0 Å². The molecule has 0 bridgehead atoms. The predicted octanol–water partition coefficient (Wildman–Crippen LogP) is 2.35. The highest BCUT2D eigenvalue weighted by Crippen LogP contribution is 2.14. The summed E-state index contributed by atoms with van der Waals surface area (Å²) in [4.78, 5) is 11.6. The number of carbonyl (C=O) groups is 1. The van der Waals surface area contributed by atoms with Gasteiger partial charge in [0.25, 0.3) is 0 Å². The van der Waals surface area contributed by atoms with E-state index in [2.05, 4.69) is 15.7 Å². The Morgan fingerprint density at radius 1 is 1.16 bits per heavy atom. The monoisotopic (exact) mass is 387 g/mol. The second-order valence-electron chi connectivity index (χ2n) is 5.47. The first-order chi connectivity index (χ1) is 11.2. The van der Waals surface area contributed by atoms with Crippen molar-refractivity contribution in [2.24, 2.45) is 0 Å². The molecule has 1 aromatic carbocycles. The lowest BCUT2D eigenvalue weighted by molar-refractivity contribution is -0.121. The zero-order valence-electron chi connectivity index (χ0n) is 14.4. The van der Waals surface area contributed by atoms with Crippen LogP contribution in [0.25, 0.3) is 5.69 Å². The Morgan fingerprint density at radius 2 is 1.88 bits per heavy atom. The van der Waals surface area contributed by atoms with E-state index >= 15 is 0 Å². The number of para-hydroxylation sites is 1. The molecule has 2 aromatic rings. The number of rotatable bonds is 9. The summed E-state index contributed by atoms with van der Waals surface area (Å²) >= 11 is 0. The lowest BCUT2D eigenvalue weighted by Crippen LogP contribution is -2.25. The lowest BCUT2D eigenvalue weighted by atomic mass is 10.2. The van der Waals surface area contributed by atoms with Gasteiger partial charge < -0.3 is 16.4 Å². The molecule has 0 fully saturated rings. The summed E-state index contributed by atoms with van der Waals surface area (Å²) in [5.74, 6) is 0.733. The first-order valence-electron chi connectivity index (χ1n) is 8.02. The van der Waals surface area contributed by atoms with Crippen LogP contribution in [0.4, 0.5) is 5.82 Å². The van der Waals surface area contributed by atoms with Gasteiger partial charge >= 0.3 is 0 Å². The Balaban J connectivity index is 0.00000288. The fraction of sp³-hybridized carbons (Fsp3) is 0.412. The molecular formula is C17H27Cl2N5O. The smallest absolute Gasteiger partial charge is 0.220 e. The SMILES string of the molecule is CNCCCC(=O)NCCCc1cc(N)n(-c2ccccc2)n1.Cl.Cl. The molecule has 4 N–H and O–H groups in total. The van der Waals surface area contributed by atoms with Crippen molar-refractivity contribution in [2.75, 3.05) is 25.9 Å². The van der Waals surface area contributed by atoms with Crippen LogP contribution in [0.2, 0.25) is 0 Å². The molecule has 0 saturated carbocycles. The lowest BCUT2D eigenvalue weighted by Gasteiger charge is -2.04.